The van der Waals surface area contributed by atoms with Gasteiger partial charge in [0.15, 0.2) is 0 Å². The summed E-state index contributed by atoms with van der Waals surface area (Å²) >= 11 is 6.10. The highest BCUT2D eigenvalue weighted by atomic mass is 35.5. The third kappa shape index (κ3) is 4.72. The Bertz CT molecular complexity index is 531. The zero-order valence-corrected chi connectivity index (χ0v) is 12.6. The van der Waals surface area contributed by atoms with Gasteiger partial charge in [-0.1, -0.05) is 29.8 Å². The van der Waals surface area contributed by atoms with Crippen LogP contribution in [0.5, 0.6) is 0 Å². The summed E-state index contributed by atoms with van der Waals surface area (Å²) in [5, 5.41) is 12.4. The maximum atomic E-state index is 12.1. The number of carboxylic acid groups (broad SMARTS) is 1. The molecule has 1 atom stereocenters. The average Bonchev–Trinajstić information content (AvgIpc) is 3.21. The van der Waals surface area contributed by atoms with Crippen molar-refractivity contribution >= 4 is 23.5 Å². The number of nitrogens with one attached hydrogen (secondary N) is 1. The normalized spacial score (nSPS) is 15.8. The number of aliphatic carboxylic acids is 1. The SMILES string of the molecule is CC(NC(=O)CN(CC(=O)O)C1CC1)c1ccccc1Cl. The largest absolute Gasteiger partial charge is 0.480 e. The van der Waals surface area contributed by atoms with Crippen molar-refractivity contribution < 1.29 is 14.7 Å². The first-order chi connectivity index (χ1) is 9.97. The lowest BCUT2D eigenvalue weighted by atomic mass is 10.1. The van der Waals surface area contributed by atoms with Crippen LogP contribution in [0, 0.1) is 0 Å². The minimum absolute atomic E-state index is 0.0987. The van der Waals surface area contributed by atoms with Crippen molar-refractivity contribution in [1.82, 2.24) is 10.2 Å². The molecule has 0 spiro atoms. The highest BCUT2D eigenvalue weighted by Crippen LogP contribution is 2.26. The van der Waals surface area contributed by atoms with Crippen LogP contribution in [0.25, 0.3) is 0 Å². The fourth-order valence-electron chi connectivity index (χ4n) is 2.30. The van der Waals surface area contributed by atoms with Gasteiger partial charge in [-0.15, -0.1) is 0 Å². The van der Waals surface area contributed by atoms with Gasteiger partial charge in [0.25, 0.3) is 0 Å². The maximum Gasteiger partial charge on any atom is 0.317 e. The molecule has 1 fully saturated rings. The quantitative estimate of drug-likeness (QED) is 0.809. The van der Waals surface area contributed by atoms with Crippen molar-refractivity contribution in [1.29, 1.82) is 0 Å². The lowest BCUT2D eigenvalue weighted by molar-refractivity contribution is -0.139. The molecule has 1 aliphatic rings. The van der Waals surface area contributed by atoms with E-state index < -0.39 is 5.97 Å². The van der Waals surface area contributed by atoms with Crippen molar-refractivity contribution in [2.24, 2.45) is 0 Å². The average molecular weight is 311 g/mol. The molecule has 1 aromatic carbocycles. The number of carboxylic acids is 1. The second-order valence-corrected chi connectivity index (χ2v) is 5.75. The van der Waals surface area contributed by atoms with Crippen molar-refractivity contribution in [3.05, 3.63) is 34.9 Å². The first kappa shape index (κ1) is 15.8. The van der Waals surface area contributed by atoms with Gasteiger partial charge in [0.2, 0.25) is 5.91 Å². The molecule has 5 nitrogen and oxygen atoms in total. The highest BCUT2D eigenvalue weighted by molar-refractivity contribution is 6.31. The molecule has 1 aliphatic carbocycles. The maximum absolute atomic E-state index is 12.1. The Kier molecular flexibility index (Phi) is 5.20. The van der Waals surface area contributed by atoms with Gasteiger partial charge in [0.1, 0.15) is 0 Å². The first-order valence-corrected chi connectivity index (χ1v) is 7.35. The fraction of sp³-hybridized carbons (Fsp3) is 0.467. The van der Waals surface area contributed by atoms with E-state index in [4.69, 9.17) is 16.7 Å². The molecule has 114 valence electrons. The number of carbonyl (C=O) groups excluding carboxylic acids is 1. The summed E-state index contributed by atoms with van der Waals surface area (Å²) < 4.78 is 0. The molecule has 1 saturated carbocycles. The first-order valence-electron chi connectivity index (χ1n) is 6.97. The van der Waals surface area contributed by atoms with Gasteiger partial charge in [-0.25, -0.2) is 0 Å². The fourth-order valence-corrected chi connectivity index (χ4v) is 2.60. The van der Waals surface area contributed by atoms with E-state index in [1.165, 1.54) is 0 Å². The molecule has 2 rings (SSSR count). The number of amides is 1. The second kappa shape index (κ2) is 6.91. The lowest BCUT2D eigenvalue weighted by Gasteiger charge is -2.21. The number of nitrogens with zero attached hydrogens (tertiary/aromatic N) is 1. The van der Waals surface area contributed by atoms with E-state index in [9.17, 15) is 9.59 Å². The van der Waals surface area contributed by atoms with Crippen LogP contribution >= 0.6 is 11.6 Å². The lowest BCUT2D eigenvalue weighted by Crippen LogP contribution is -2.41. The number of rotatable bonds is 7. The summed E-state index contributed by atoms with van der Waals surface area (Å²) in [4.78, 5) is 24.6. The van der Waals surface area contributed by atoms with Gasteiger partial charge in [0, 0.05) is 11.1 Å². The molecule has 1 aromatic rings. The summed E-state index contributed by atoms with van der Waals surface area (Å²) in [6.45, 7) is 1.86. The predicted molar refractivity (Wildman–Crippen MR) is 80.2 cm³/mol. The second-order valence-electron chi connectivity index (χ2n) is 5.34. The molecule has 0 radical (unpaired) electrons. The van der Waals surface area contributed by atoms with Crippen LogP contribution in [0.4, 0.5) is 0 Å². The van der Waals surface area contributed by atoms with Gasteiger partial charge >= 0.3 is 5.97 Å². The molecule has 0 bridgehead atoms. The minimum atomic E-state index is -0.908. The van der Waals surface area contributed by atoms with Crippen LogP contribution in [0.15, 0.2) is 24.3 Å². The van der Waals surface area contributed by atoms with E-state index in [2.05, 4.69) is 5.32 Å². The Morgan fingerprint density at radius 1 is 1.38 bits per heavy atom. The van der Waals surface area contributed by atoms with Gasteiger partial charge in [-0.05, 0) is 31.4 Å². The Hall–Kier alpha value is -1.59. The molecular formula is C15H19ClN2O3. The zero-order chi connectivity index (χ0) is 15.4. The Morgan fingerprint density at radius 3 is 2.62 bits per heavy atom. The van der Waals surface area contributed by atoms with Gasteiger partial charge in [0.05, 0.1) is 19.1 Å². The number of hydrogen-bond donors (Lipinski definition) is 2. The summed E-state index contributed by atoms with van der Waals surface area (Å²) in [6.07, 6.45) is 1.92. The predicted octanol–water partition coefficient (Wildman–Crippen LogP) is 2.07. The summed E-state index contributed by atoms with van der Waals surface area (Å²) in [5.41, 5.74) is 0.851. The van der Waals surface area contributed by atoms with Gasteiger partial charge in [-0.2, -0.15) is 0 Å². The van der Waals surface area contributed by atoms with E-state index in [1.54, 1.807) is 11.0 Å². The molecule has 21 heavy (non-hydrogen) atoms. The van der Waals surface area contributed by atoms with E-state index >= 15 is 0 Å². The van der Waals surface area contributed by atoms with Crippen LogP contribution in [-0.4, -0.2) is 41.0 Å². The monoisotopic (exact) mass is 310 g/mol. The Labute approximate surface area is 128 Å². The Morgan fingerprint density at radius 2 is 2.05 bits per heavy atom. The van der Waals surface area contributed by atoms with E-state index in [-0.39, 0.29) is 31.1 Å². The van der Waals surface area contributed by atoms with Crippen molar-refractivity contribution in [2.45, 2.75) is 31.8 Å². The van der Waals surface area contributed by atoms with Crippen molar-refractivity contribution in [3.8, 4) is 0 Å². The van der Waals surface area contributed by atoms with Crippen LogP contribution in [0.1, 0.15) is 31.4 Å². The third-order valence-electron chi connectivity index (χ3n) is 3.50. The van der Waals surface area contributed by atoms with Gasteiger partial charge < -0.3 is 10.4 Å². The standard InChI is InChI=1S/C15H19ClN2O3/c1-10(12-4-2-3-5-13(12)16)17-14(19)8-18(9-15(20)21)11-6-7-11/h2-5,10-11H,6-9H2,1H3,(H,17,19)(H,20,21). The van der Waals surface area contributed by atoms with Gasteiger partial charge in [-0.3, -0.25) is 14.5 Å². The van der Waals surface area contributed by atoms with Crippen LogP contribution < -0.4 is 5.32 Å². The van der Waals surface area contributed by atoms with Crippen LogP contribution in [-0.2, 0) is 9.59 Å². The molecule has 6 heteroatoms. The number of carbonyl (C=O) groups is 2. The molecule has 1 unspecified atom stereocenters. The molecular weight excluding hydrogens is 292 g/mol. The summed E-state index contributed by atoms with van der Waals surface area (Å²) in [7, 11) is 0. The van der Waals surface area contributed by atoms with Crippen molar-refractivity contribution in [3.63, 3.8) is 0 Å². The van der Waals surface area contributed by atoms with Crippen LogP contribution in [0.3, 0.4) is 0 Å². The van der Waals surface area contributed by atoms with E-state index in [0.717, 1.165) is 18.4 Å². The van der Waals surface area contributed by atoms with E-state index in [0.29, 0.717) is 5.02 Å². The number of benzene rings is 1. The Balaban J connectivity index is 1.91. The molecule has 0 aliphatic heterocycles. The highest BCUT2D eigenvalue weighted by Gasteiger charge is 2.31. The number of hydrogen-bond acceptors (Lipinski definition) is 3. The minimum Gasteiger partial charge on any atom is -0.480 e. The third-order valence-corrected chi connectivity index (χ3v) is 3.84. The smallest absolute Gasteiger partial charge is 0.317 e. The molecule has 0 heterocycles. The van der Waals surface area contributed by atoms with E-state index in [1.807, 2.05) is 25.1 Å². The number of halogens is 1. The summed E-state index contributed by atoms with van der Waals surface area (Å²) in [6, 6.07) is 7.36. The molecule has 1 amide bonds. The summed E-state index contributed by atoms with van der Waals surface area (Å²) in [5.74, 6) is -1.09. The van der Waals surface area contributed by atoms with Crippen molar-refractivity contribution in [2.75, 3.05) is 13.1 Å². The van der Waals surface area contributed by atoms with Crippen LogP contribution in [0.2, 0.25) is 5.02 Å². The molecule has 0 saturated heterocycles. The topological polar surface area (TPSA) is 69.6 Å². The molecule has 0 aromatic heterocycles. The zero-order valence-electron chi connectivity index (χ0n) is 11.9. The molecule has 2 N–H and O–H groups in total.